The van der Waals surface area contributed by atoms with Gasteiger partial charge in [0.15, 0.2) is 4.99 Å². The highest BCUT2D eigenvalue weighted by Gasteiger charge is 2.24. The third kappa shape index (κ3) is 4.22. The van der Waals surface area contributed by atoms with Gasteiger partial charge in [-0.3, -0.25) is 4.79 Å². The van der Waals surface area contributed by atoms with Crippen molar-refractivity contribution in [3.63, 3.8) is 0 Å². The summed E-state index contributed by atoms with van der Waals surface area (Å²) in [5.41, 5.74) is 3.99. The van der Waals surface area contributed by atoms with E-state index in [1.165, 1.54) is 0 Å². The molecule has 1 aliphatic heterocycles. The monoisotopic (exact) mass is 383 g/mol. The van der Waals surface area contributed by atoms with E-state index in [4.69, 9.17) is 17.0 Å². The minimum absolute atomic E-state index is 0.215. The molecule has 1 aliphatic rings. The lowest BCUT2D eigenvalue weighted by Crippen LogP contribution is -2.51. The molecule has 5 nitrogen and oxygen atoms in total. The zero-order chi connectivity index (χ0) is 19.4. The van der Waals surface area contributed by atoms with Gasteiger partial charge >= 0.3 is 0 Å². The first-order valence-corrected chi connectivity index (χ1v) is 9.46. The molecule has 3 rings (SSSR count). The van der Waals surface area contributed by atoms with E-state index in [1.807, 2.05) is 55.1 Å². The number of carbonyl (C=O) groups excluding carboxylic acids is 1. The highest BCUT2D eigenvalue weighted by Crippen LogP contribution is 2.28. The summed E-state index contributed by atoms with van der Waals surface area (Å²) in [6.45, 7) is 6.96. The number of para-hydroxylation sites is 3. The number of benzene rings is 2. The molecule has 0 saturated carbocycles. The van der Waals surface area contributed by atoms with E-state index in [1.54, 1.807) is 7.11 Å². The van der Waals surface area contributed by atoms with Crippen LogP contribution in [0.1, 0.15) is 11.1 Å². The van der Waals surface area contributed by atoms with Gasteiger partial charge in [-0.05, 0) is 37.1 Å². The van der Waals surface area contributed by atoms with Gasteiger partial charge in [0, 0.05) is 31.9 Å². The Morgan fingerprint density at radius 1 is 1.00 bits per heavy atom. The lowest BCUT2D eigenvalue weighted by atomic mass is 10.1. The average Bonchev–Trinajstić information content (AvgIpc) is 2.70. The van der Waals surface area contributed by atoms with Crippen molar-refractivity contribution in [2.24, 2.45) is 0 Å². The number of hydrogen-bond acceptors (Lipinski definition) is 4. The van der Waals surface area contributed by atoms with E-state index in [-0.39, 0.29) is 5.91 Å². The van der Waals surface area contributed by atoms with Crippen LogP contribution >= 0.6 is 12.2 Å². The molecule has 1 fully saturated rings. The molecule has 27 heavy (non-hydrogen) atoms. The van der Waals surface area contributed by atoms with Crippen LogP contribution in [0.4, 0.5) is 11.4 Å². The van der Waals surface area contributed by atoms with Crippen molar-refractivity contribution in [2.75, 3.05) is 43.5 Å². The van der Waals surface area contributed by atoms with Gasteiger partial charge in [-0.2, -0.15) is 0 Å². The van der Waals surface area contributed by atoms with Crippen LogP contribution in [0.5, 0.6) is 5.75 Å². The fraction of sp³-hybridized carbons (Fsp3) is 0.333. The zero-order valence-electron chi connectivity index (χ0n) is 16.0. The Balaban J connectivity index is 1.62. The number of thiocarbonyl (C=S) groups is 1. The number of hydrogen-bond donors (Lipinski definition) is 1. The van der Waals surface area contributed by atoms with Crippen molar-refractivity contribution in [1.29, 1.82) is 0 Å². The summed E-state index contributed by atoms with van der Waals surface area (Å²) in [6, 6.07) is 13.9. The molecular weight excluding hydrogens is 358 g/mol. The molecule has 0 unspecified atom stereocenters. The molecule has 1 N–H and O–H groups in total. The quantitative estimate of drug-likeness (QED) is 0.823. The van der Waals surface area contributed by atoms with Gasteiger partial charge < -0.3 is 19.9 Å². The summed E-state index contributed by atoms with van der Waals surface area (Å²) in [4.78, 5) is 17.2. The smallest absolute Gasteiger partial charge is 0.283 e. The second-order valence-corrected chi connectivity index (χ2v) is 7.06. The highest BCUT2D eigenvalue weighted by atomic mass is 32.1. The molecule has 2 aromatic carbocycles. The Morgan fingerprint density at radius 2 is 1.63 bits per heavy atom. The molecule has 2 aromatic rings. The van der Waals surface area contributed by atoms with Crippen LogP contribution in [0.25, 0.3) is 0 Å². The number of nitrogens with zero attached hydrogens (tertiary/aromatic N) is 2. The van der Waals surface area contributed by atoms with Gasteiger partial charge in [0.2, 0.25) is 0 Å². The first-order valence-electron chi connectivity index (χ1n) is 9.05. The molecule has 6 heteroatoms. The third-order valence-corrected chi connectivity index (χ3v) is 5.35. The van der Waals surface area contributed by atoms with E-state index >= 15 is 0 Å². The Bertz CT molecular complexity index is 825. The van der Waals surface area contributed by atoms with Crippen molar-refractivity contribution in [1.82, 2.24) is 4.90 Å². The SMILES string of the molecule is COc1ccccc1N1CCN(C(=S)C(=O)Nc2c(C)cccc2C)CC1. The Kier molecular flexibility index (Phi) is 5.96. The van der Waals surface area contributed by atoms with Crippen molar-refractivity contribution >= 4 is 34.5 Å². The Morgan fingerprint density at radius 3 is 2.26 bits per heavy atom. The molecule has 1 saturated heterocycles. The summed E-state index contributed by atoms with van der Waals surface area (Å²) in [5.74, 6) is 0.648. The molecule has 0 aliphatic carbocycles. The first kappa shape index (κ1) is 19.2. The lowest BCUT2D eigenvalue weighted by Gasteiger charge is -2.37. The number of aryl methyl sites for hydroxylation is 2. The standard InChI is InChI=1S/C21H25N3O2S/c1-15-7-6-8-16(2)19(15)22-20(25)21(27)24-13-11-23(12-14-24)17-9-4-5-10-18(17)26-3/h4-10H,11-14H2,1-3H3,(H,22,25). The van der Waals surface area contributed by atoms with Crippen LogP contribution in [0, 0.1) is 13.8 Å². The number of piperazine rings is 1. The first-order chi connectivity index (χ1) is 13.0. The van der Waals surface area contributed by atoms with Crippen LogP contribution in [-0.2, 0) is 4.79 Å². The molecule has 0 aromatic heterocycles. The molecule has 1 amide bonds. The van der Waals surface area contributed by atoms with E-state index in [2.05, 4.69) is 16.3 Å². The maximum Gasteiger partial charge on any atom is 0.283 e. The summed E-state index contributed by atoms with van der Waals surface area (Å²) < 4.78 is 5.45. The van der Waals surface area contributed by atoms with Gasteiger partial charge in [-0.1, -0.05) is 42.5 Å². The van der Waals surface area contributed by atoms with Crippen LogP contribution in [0.15, 0.2) is 42.5 Å². The number of nitrogens with one attached hydrogen (secondary N) is 1. The maximum atomic E-state index is 12.6. The molecule has 1 heterocycles. The normalized spacial score (nSPS) is 14.0. The van der Waals surface area contributed by atoms with Gasteiger partial charge in [0.25, 0.3) is 5.91 Å². The van der Waals surface area contributed by atoms with Crippen LogP contribution in [0.3, 0.4) is 0 Å². The van der Waals surface area contributed by atoms with E-state index in [9.17, 15) is 4.79 Å². The number of anilines is 2. The van der Waals surface area contributed by atoms with E-state index in [0.717, 1.165) is 41.3 Å². The predicted octanol–water partition coefficient (Wildman–Crippen LogP) is 3.40. The van der Waals surface area contributed by atoms with Gasteiger partial charge in [0.05, 0.1) is 12.8 Å². The average molecular weight is 384 g/mol. The van der Waals surface area contributed by atoms with Crippen molar-refractivity contribution in [2.45, 2.75) is 13.8 Å². The minimum Gasteiger partial charge on any atom is -0.495 e. The minimum atomic E-state index is -0.215. The number of amides is 1. The summed E-state index contributed by atoms with van der Waals surface area (Å²) in [6.07, 6.45) is 0. The summed E-state index contributed by atoms with van der Waals surface area (Å²) in [5, 5.41) is 2.98. The molecule has 0 radical (unpaired) electrons. The van der Waals surface area contributed by atoms with Crippen LogP contribution < -0.4 is 15.0 Å². The van der Waals surface area contributed by atoms with Crippen LogP contribution in [-0.4, -0.2) is 49.1 Å². The van der Waals surface area contributed by atoms with Gasteiger partial charge in [0.1, 0.15) is 5.75 Å². The van der Waals surface area contributed by atoms with E-state index in [0.29, 0.717) is 18.1 Å². The second kappa shape index (κ2) is 8.39. The molecule has 0 spiro atoms. The summed E-state index contributed by atoms with van der Waals surface area (Å²) in [7, 11) is 1.68. The van der Waals surface area contributed by atoms with Gasteiger partial charge in [-0.15, -0.1) is 0 Å². The number of methoxy groups -OCH3 is 1. The van der Waals surface area contributed by atoms with Crippen molar-refractivity contribution in [3.8, 4) is 5.75 Å². The van der Waals surface area contributed by atoms with Crippen LogP contribution in [0.2, 0.25) is 0 Å². The highest BCUT2D eigenvalue weighted by molar-refractivity contribution is 7.82. The van der Waals surface area contributed by atoms with Crippen molar-refractivity contribution < 1.29 is 9.53 Å². The fourth-order valence-electron chi connectivity index (χ4n) is 3.36. The largest absolute Gasteiger partial charge is 0.495 e. The molecule has 0 atom stereocenters. The Labute approximate surface area is 165 Å². The number of rotatable bonds is 3. The molecule has 0 bridgehead atoms. The third-order valence-electron chi connectivity index (χ3n) is 4.91. The second-order valence-electron chi connectivity index (χ2n) is 6.67. The lowest BCUT2D eigenvalue weighted by molar-refractivity contribution is -0.110. The fourth-order valence-corrected chi connectivity index (χ4v) is 3.60. The molecule has 142 valence electrons. The summed E-state index contributed by atoms with van der Waals surface area (Å²) >= 11 is 5.46. The number of ether oxygens (including phenoxy) is 1. The van der Waals surface area contributed by atoms with Crippen molar-refractivity contribution in [3.05, 3.63) is 53.6 Å². The molecular formula is C21H25N3O2S. The Hall–Kier alpha value is -2.60. The van der Waals surface area contributed by atoms with Gasteiger partial charge in [-0.25, -0.2) is 0 Å². The predicted molar refractivity (Wildman–Crippen MR) is 114 cm³/mol. The van der Waals surface area contributed by atoms with E-state index < -0.39 is 0 Å². The zero-order valence-corrected chi connectivity index (χ0v) is 16.8. The topological polar surface area (TPSA) is 44.8 Å². The maximum absolute atomic E-state index is 12.6. The number of carbonyl (C=O) groups is 1.